The van der Waals surface area contributed by atoms with Gasteiger partial charge < -0.3 is 48.7 Å². The third-order valence-corrected chi connectivity index (χ3v) is 10.4. The molecule has 2 aromatic carbocycles. The zero-order valence-electron chi connectivity index (χ0n) is 35.8. The second-order valence-corrected chi connectivity index (χ2v) is 18.5. The number of alkyl halides is 3. The minimum atomic E-state index is -4.64. The summed E-state index contributed by atoms with van der Waals surface area (Å²) in [6, 6.07) is 8.32. The van der Waals surface area contributed by atoms with Gasteiger partial charge in [-0.05, 0) is 84.4 Å². The number of phenolic OH excluding ortho intramolecular Hbond substituents is 1. The smallest absolute Gasteiger partial charge is 0.415 e. The number of ether oxygens (including phenoxy) is 5. The summed E-state index contributed by atoms with van der Waals surface area (Å²) in [6.45, 7) is 10.1. The molecule has 3 N–H and O–H groups in total. The largest absolute Gasteiger partial charge is 0.507 e. The average Bonchev–Trinajstić information content (AvgIpc) is 3.47. The highest BCUT2D eigenvalue weighted by atomic mass is 32.2. The molecule has 61 heavy (non-hydrogen) atoms. The number of aromatic hydroxyl groups is 1. The summed E-state index contributed by atoms with van der Waals surface area (Å²) < 4.78 is 95.8. The molecule has 1 aliphatic heterocycles. The first-order valence-electron chi connectivity index (χ1n) is 19.7. The van der Waals surface area contributed by atoms with E-state index in [0.29, 0.717) is 56.8 Å². The number of hydrogen-bond donors (Lipinski definition) is 3. The van der Waals surface area contributed by atoms with Crippen LogP contribution in [0.2, 0.25) is 0 Å². The maximum atomic E-state index is 14.2. The molecule has 3 aromatic rings. The minimum absolute atomic E-state index is 0.0129. The SMILES string of the molecule is COc1cc(S(C)(=O)=O)c(O)cc1N(CC#Cc1cc2c(NC3CCN(C(=O)OC(C)(C)C)CC3CCOCCOCCO)cccc2n1CC(F)(F)F)C(=O)OC(C)(C)C. The van der Waals surface area contributed by atoms with E-state index in [9.17, 15) is 36.3 Å². The fraction of sp³-hybridized carbons (Fsp3) is 0.571. The van der Waals surface area contributed by atoms with Gasteiger partial charge in [0.25, 0.3) is 0 Å². The number of carbonyl (C=O) groups excluding carboxylic acids is 2. The molecule has 1 saturated heterocycles. The van der Waals surface area contributed by atoms with Gasteiger partial charge >= 0.3 is 18.4 Å². The van der Waals surface area contributed by atoms with Gasteiger partial charge in [0.05, 0.1) is 57.0 Å². The second-order valence-electron chi connectivity index (χ2n) is 16.6. The van der Waals surface area contributed by atoms with Crippen LogP contribution in [0.5, 0.6) is 11.5 Å². The maximum Gasteiger partial charge on any atom is 0.415 e. The molecule has 2 amide bonds. The van der Waals surface area contributed by atoms with Crippen LogP contribution in [-0.2, 0) is 35.3 Å². The summed E-state index contributed by atoms with van der Waals surface area (Å²) in [6.07, 6.45) is -4.10. The number of hydrogen-bond acceptors (Lipinski definition) is 12. The fourth-order valence-corrected chi connectivity index (χ4v) is 7.44. The number of halogens is 3. The van der Waals surface area contributed by atoms with Gasteiger partial charge in [-0.1, -0.05) is 12.0 Å². The van der Waals surface area contributed by atoms with Crippen LogP contribution in [0.1, 0.15) is 60.1 Å². The highest BCUT2D eigenvalue weighted by Gasteiger charge is 2.35. The highest BCUT2D eigenvalue weighted by molar-refractivity contribution is 7.90. The molecular formula is C42H57F3N4O11S. The average molecular weight is 883 g/mol. The monoisotopic (exact) mass is 882 g/mol. The Labute approximate surface area is 354 Å². The lowest BCUT2D eigenvalue weighted by Crippen LogP contribution is -2.50. The Morgan fingerprint density at radius 1 is 0.984 bits per heavy atom. The predicted octanol–water partition coefficient (Wildman–Crippen LogP) is 6.57. The maximum absolute atomic E-state index is 14.2. The van der Waals surface area contributed by atoms with Crippen LogP contribution < -0.4 is 15.0 Å². The van der Waals surface area contributed by atoms with E-state index in [1.807, 2.05) is 0 Å². The number of nitrogens with one attached hydrogen (secondary N) is 1. The number of carbonyl (C=O) groups is 2. The Balaban J connectivity index is 1.71. The molecule has 2 atom stereocenters. The quantitative estimate of drug-likeness (QED) is 0.111. The van der Waals surface area contributed by atoms with Crippen molar-refractivity contribution in [3.63, 3.8) is 0 Å². The van der Waals surface area contributed by atoms with Crippen molar-refractivity contribution >= 4 is 44.3 Å². The molecule has 338 valence electrons. The molecule has 0 saturated carbocycles. The van der Waals surface area contributed by atoms with Crippen molar-refractivity contribution in [3.05, 3.63) is 42.1 Å². The number of sulfone groups is 1. The third kappa shape index (κ3) is 14.3. The number of phenols is 1. The first-order valence-corrected chi connectivity index (χ1v) is 21.6. The fourth-order valence-electron chi connectivity index (χ4n) is 6.68. The summed E-state index contributed by atoms with van der Waals surface area (Å²) >= 11 is 0. The molecule has 4 rings (SSSR count). The lowest BCUT2D eigenvalue weighted by Gasteiger charge is -2.40. The van der Waals surface area contributed by atoms with Crippen molar-refractivity contribution < 1.29 is 65.1 Å². The standard InChI is InChI=1S/C42H57F3N4O11S/c1-40(2,3)59-38(52)47-17-14-31(28(26-47)15-19-57-21-22-58-20-18-50)46-32-12-9-13-33-30(32)23-29(49(33)27-42(43,44)45)11-10-16-48(39(53)60-41(4,5)6)34-24-35(51)37(61(8,54)55)25-36(34)56-7/h9,12-13,23-25,28,31,46,50-51H,14-22,26-27H2,1-8H3. The van der Waals surface area contributed by atoms with Crippen molar-refractivity contribution in [1.29, 1.82) is 0 Å². The number of methoxy groups -OCH3 is 1. The summed E-state index contributed by atoms with van der Waals surface area (Å²) in [5, 5.41) is 23.6. The molecule has 2 heterocycles. The second kappa shape index (κ2) is 20.3. The van der Waals surface area contributed by atoms with Crippen molar-refractivity contribution in [3.8, 4) is 23.3 Å². The van der Waals surface area contributed by atoms with Crippen LogP contribution in [0, 0.1) is 17.8 Å². The van der Waals surface area contributed by atoms with Gasteiger partial charge in [-0.15, -0.1) is 0 Å². The molecule has 1 aliphatic rings. The molecule has 1 fully saturated rings. The van der Waals surface area contributed by atoms with Gasteiger partial charge in [0.2, 0.25) is 0 Å². The number of aliphatic hydroxyl groups excluding tert-OH is 1. The van der Waals surface area contributed by atoms with E-state index in [4.69, 9.17) is 28.8 Å². The molecule has 0 radical (unpaired) electrons. The van der Waals surface area contributed by atoms with Crippen LogP contribution in [0.25, 0.3) is 10.9 Å². The number of likely N-dealkylation sites (tertiary alicyclic amines) is 1. The molecule has 19 heteroatoms. The van der Waals surface area contributed by atoms with Crippen LogP contribution in [0.15, 0.2) is 41.3 Å². The zero-order valence-corrected chi connectivity index (χ0v) is 36.7. The number of piperidine rings is 1. The third-order valence-electron chi connectivity index (χ3n) is 9.27. The van der Waals surface area contributed by atoms with Gasteiger partial charge in [0.1, 0.15) is 34.1 Å². The van der Waals surface area contributed by atoms with E-state index in [0.717, 1.165) is 27.9 Å². The topological polar surface area (TPSA) is 178 Å². The number of aliphatic hydroxyl groups is 1. The molecule has 15 nitrogen and oxygen atoms in total. The molecular weight excluding hydrogens is 826 g/mol. The lowest BCUT2D eigenvalue weighted by molar-refractivity contribution is -0.140. The van der Waals surface area contributed by atoms with E-state index < -0.39 is 63.1 Å². The Kier molecular flexibility index (Phi) is 16.2. The molecule has 0 spiro atoms. The van der Waals surface area contributed by atoms with Crippen molar-refractivity contribution in [2.75, 3.05) is 76.3 Å². The minimum Gasteiger partial charge on any atom is -0.507 e. The molecule has 2 unspecified atom stereocenters. The summed E-state index contributed by atoms with van der Waals surface area (Å²) in [7, 11) is -2.67. The molecule has 1 aromatic heterocycles. The first kappa shape index (κ1) is 48.8. The number of aromatic nitrogens is 1. The van der Waals surface area contributed by atoms with Crippen molar-refractivity contribution in [2.24, 2.45) is 5.92 Å². The normalized spacial score (nSPS) is 16.2. The van der Waals surface area contributed by atoms with Crippen molar-refractivity contribution in [2.45, 2.75) is 89.2 Å². The first-order chi connectivity index (χ1) is 28.4. The van der Waals surface area contributed by atoms with Crippen LogP contribution in [-0.4, -0.2) is 130 Å². The number of benzene rings is 2. The zero-order chi connectivity index (χ0) is 45.3. The van der Waals surface area contributed by atoms with E-state index in [1.54, 1.807) is 64.6 Å². The Morgan fingerprint density at radius 3 is 2.26 bits per heavy atom. The van der Waals surface area contributed by atoms with Gasteiger partial charge in [0, 0.05) is 55.2 Å². The summed E-state index contributed by atoms with van der Waals surface area (Å²) in [5.74, 6) is 4.66. The van der Waals surface area contributed by atoms with Gasteiger partial charge in [-0.3, -0.25) is 4.90 Å². The summed E-state index contributed by atoms with van der Waals surface area (Å²) in [5.41, 5.74) is -1.02. The number of anilines is 2. The predicted molar refractivity (Wildman–Crippen MR) is 223 cm³/mol. The van der Waals surface area contributed by atoms with Crippen LogP contribution in [0.3, 0.4) is 0 Å². The number of nitrogens with zero attached hydrogens (tertiary/aromatic N) is 3. The number of fused-ring (bicyclic) bond motifs is 1. The Bertz CT molecular complexity index is 2170. The Morgan fingerprint density at radius 2 is 1.66 bits per heavy atom. The Hall–Kier alpha value is -4.90. The highest BCUT2D eigenvalue weighted by Crippen LogP contribution is 2.38. The van der Waals surface area contributed by atoms with E-state index in [1.165, 1.54) is 13.2 Å². The van der Waals surface area contributed by atoms with Crippen molar-refractivity contribution in [1.82, 2.24) is 9.47 Å². The van der Waals surface area contributed by atoms with Gasteiger partial charge in [-0.2, -0.15) is 13.2 Å². The number of rotatable bonds is 15. The lowest BCUT2D eigenvalue weighted by atomic mass is 9.89. The van der Waals surface area contributed by atoms with E-state index in [-0.39, 0.29) is 47.8 Å². The molecule has 0 aliphatic carbocycles. The van der Waals surface area contributed by atoms with Crippen LogP contribution >= 0.6 is 0 Å². The van der Waals surface area contributed by atoms with Gasteiger partial charge in [0.15, 0.2) is 9.84 Å². The summed E-state index contributed by atoms with van der Waals surface area (Å²) in [4.78, 5) is 28.8. The van der Waals surface area contributed by atoms with E-state index >= 15 is 0 Å². The van der Waals surface area contributed by atoms with E-state index in [2.05, 4.69) is 17.2 Å². The van der Waals surface area contributed by atoms with Gasteiger partial charge in [-0.25, -0.2) is 18.0 Å². The van der Waals surface area contributed by atoms with Crippen LogP contribution in [0.4, 0.5) is 34.1 Å². The number of amides is 2. The molecule has 0 bridgehead atoms.